The van der Waals surface area contributed by atoms with E-state index in [-0.39, 0.29) is 85.0 Å². The molecule has 0 amide bonds. The van der Waals surface area contributed by atoms with E-state index in [9.17, 15) is 5.48 Å². The average Bonchev–Trinajstić information content (AvgIpc) is 1.80. The number of para-hydroxylation sites is 3. The maximum absolute atomic E-state index is 10.4. The van der Waals surface area contributed by atoms with E-state index in [1.807, 2.05) is 109 Å². The summed E-state index contributed by atoms with van der Waals surface area (Å²) in [5.74, 6) is 1.22. The van der Waals surface area contributed by atoms with Crippen molar-refractivity contribution < 1.29 is 35.4 Å². The first kappa shape index (κ1) is 46.6. The van der Waals surface area contributed by atoms with E-state index in [0.29, 0.717) is 67.1 Å². The summed E-state index contributed by atoms with van der Waals surface area (Å²) in [6.45, 7) is 24.4. The largest absolute Gasteiger partial charge is 0.509 e. The molecule has 9 aromatic carbocycles. The van der Waals surface area contributed by atoms with Gasteiger partial charge in [0.25, 0.3) is 0 Å². The van der Waals surface area contributed by atoms with Crippen molar-refractivity contribution >= 4 is 44.6 Å². The number of fused-ring (bicyclic) bond motifs is 5. The Hall–Kier alpha value is -7.98. The Morgan fingerprint density at radius 2 is 1.13 bits per heavy atom. The number of hydrogen-bond donors (Lipinski definition) is 0. The number of nitrogens with zero attached hydrogens (tertiary/aromatic N) is 4. The third kappa shape index (κ3) is 9.95. The molecule has 0 radical (unpaired) electrons. The van der Waals surface area contributed by atoms with Gasteiger partial charge in [0.2, 0.25) is 0 Å². The molecule has 13 rings (SSSR count). The van der Waals surface area contributed by atoms with Crippen LogP contribution in [0.25, 0.3) is 72.1 Å². The molecule has 0 N–H and O–H groups in total. The van der Waals surface area contributed by atoms with Crippen molar-refractivity contribution in [3.05, 3.63) is 247 Å². The predicted octanol–water partition coefficient (Wildman–Crippen LogP) is 20.6. The average molecular weight is 1260 g/mol. The van der Waals surface area contributed by atoms with Crippen LogP contribution >= 0.6 is 0 Å². The zero-order chi connectivity index (χ0) is 62.1. The van der Waals surface area contributed by atoms with E-state index in [4.69, 9.17) is 13.8 Å². The summed E-state index contributed by atoms with van der Waals surface area (Å²) in [4.78, 5) is 9.07. The smallest absolute Gasteiger partial charge is 0.135 e. The molecule has 0 unspecified atom stereocenters. The second-order valence-electron chi connectivity index (χ2n) is 25.1. The van der Waals surface area contributed by atoms with Crippen LogP contribution in [-0.4, -0.2) is 9.55 Å². The Balaban J connectivity index is 0.00000769. The van der Waals surface area contributed by atoms with Crippen LogP contribution in [0, 0.1) is 18.8 Å². The van der Waals surface area contributed by atoms with Crippen LogP contribution in [0.5, 0.6) is 11.5 Å². The van der Waals surface area contributed by atoms with Gasteiger partial charge < -0.3 is 19.1 Å². The standard InChI is InChI=1S/C76H69N4O.Pt/c1-73(2,3)56-36-39-77-71(46-56)80-67-29-18-17-28-61(67)62-34-33-60(48-70(62)80)81-59-27-21-26-58(47-59)78-49-79(69-31-20-19-30-68(69)78)72-63(52-32-35-65-66(43-52)76(9,10)38-37-75(65,7)8)44-57(74(4,5)6)45-64(72)55-41-53(50-22-13-11-14-23-50)40-54(42-55)51-24-15-12-16-25-51;/h11-36,39-46,49H,37-38H2,1-10H3;/q-3;/i17D,18D,28D,29D,40D,41D,42D;. The fourth-order valence-corrected chi connectivity index (χ4v) is 11.7. The molecule has 1 aliphatic heterocycles. The van der Waals surface area contributed by atoms with Gasteiger partial charge in [0.1, 0.15) is 5.82 Å². The van der Waals surface area contributed by atoms with E-state index in [1.54, 1.807) is 16.8 Å². The van der Waals surface area contributed by atoms with Crippen LogP contribution in [0.4, 0.5) is 22.7 Å². The van der Waals surface area contributed by atoms with Gasteiger partial charge in [0, 0.05) is 72.5 Å². The van der Waals surface area contributed by atoms with Crippen LogP contribution in [0.1, 0.15) is 114 Å². The van der Waals surface area contributed by atoms with Crippen LogP contribution in [-0.2, 0) is 42.7 Å². The van der Waals surface area contributed by atoms with Gasteiger partial charge in [-0.25, -0.2) is 4.98 Å². The number of pyridine rings is 1. The molecule has 0 saturated heterocycles. The molecule has 0 spiro atoms. The molecule has 1 aliphatic carbocycles. The quantitative estimate of drug-likeness (QED) is 0.135. The molecule has 0 atom stereocenters. The molecule has 11 aromatic rings. The molecule has 2 aliphatic rings. The third-order valence-corrected chi connectivity index (χ3v) is 16.5. The van der Waals surface area contributed by atoms with Gasteiger partial charge in [0.15, 0.2) is 0 Å². The van der Waals surface area contributed by atoms with Crippen LogP contribution in [0.3, 0.4) is 0 Å². The summed E-state index contributed by atoms with van der Waals surface area (Å²) in [5, 5.41) is 0.945. The first-order valence-electron chi connectivity index (χ1n) is 31.6. The summed E-state index contributed by atoms with van der Waals surface area (Å²) in [7, 11) is 0. The van der Waals surface area contributed by atoms with E-state index in [0.717, 1.165) is 63.3 Å². The van der Waals surface area contributed by atoms with Crippen LogP contribution in [0.2, 0.25) is 0 Å². The van der Waals surface area contributed by atoms with Crippen molar-refractivity contribution in [2.75, 3.05) is 9.80 Å². The summed E-state index contributed by atoms with van der Waals surface area (Å²) >= 11 is 0. The Kier molecular flexibility index (Phi) is 11.8. The van der Waals surface area contributed by atoms with Gasteiger partial charge in [-0.3, -0.25) is 0 Å². The van der Waals surface area contributed by atoms with Crippen molar-refractivity contribution in [2.24, 2.45) is 0 Å². The summed E-state index contributed by atoms with van der Waals surface area (Å²) < 4.78 is 74.9. The number of benzene rings is 9. The van der Waals surface area contributed by atoms with Crippen molar-refractivity contribution in [3.8, 4) is 61.8 Å². The topological polar surface area (TPSA) is 33.5 Å². The van der Waals surface area contributed by atoms with Gasteiger partial charge in [0.05, 0.1) is 9.60 Å². The molecule has 6 heteroatoms. The minimum absolute atomic E-state index is 0. The van der Waals surface area contributed by atoms with E-state index in [2.05, 4.69) is 140 Å². The maximum Gasteiger partial charge on any atom is 0.135 e. The number of hydrogen-bond acceptors (Lipinski definition) is 4. The van der Waals surface area contributed by atoms with E-state index in [1.165, 1.54) is 11.1 Å². The molecule has 82 heavy (non-hydrogen) atoms. The number of anilines is 4. The Labute approximate surface area is 509 Å². The second-order valence-corrected chi connectivity index (χ2v) is 25.1. The van der Waals surface area contributed by atoms with Gasteiger partial charge in [-0.15, -0.1) is 48.1 Å². The third-order valence-electron chi connectivity index (χ3n) is 16.5. The van der Waals surface area contributed by atoms with Gasteiger partial charge in [-0.2, -0.15) is 12.1 Å². The number of aromatic nitrogens is 2. The molecular weight excluding hydrogens is 1180 g/mol. The molecule has 3 heterocycles. The summed E-state index contributed by atoms with van der Waals surface area (Å²) in [5.41, 5.74) is 13.3. The van der Waals surface area contributed by atoms with Crippen molar-refractivity contribution in [1.82, 2.24) is 9.55 Å². The molecule has 5 nitrogen and oxygen atoms in total. The fraction of sp³-hybridized carbons (Fsp3) is 0.211. The van der Waals surface area contributed by atoms with Crippen molar-refractivity contribution in [1.29, 1.82) is 0 Å². The van der Waals surface area contributed by atoms with Gasteiger partial charge >= 0.3 is 0 Å². The van der Waals surface area contributed by atoms with Crippen LogP contribution < -0.4 is 14.5 Å². The molecule has 0 bridgehead atoms. The van der Waals surface area contributed by atoms with Gasteiger partial charge in [-0.05, 0) is 156 Å². The Morgan fingerprint density at radius 3 is 1.80 bits per heavy atom. The normalized spacial score (nSPS) is 15.8. The summed E-state index contributed by atoms with van der Waals surface area (Å²) in [6, 6.07) is 58.8. The monoisotopic (exact) mass is 1260 g/mol. The second kappa shape index (κ2) is 20.8. The van der Waals surface area contributed by atoms with Gasteiger partial charge in [-0.1, -0.05) is 184 Å². The molecule has 412 valence electrons. The first-order chi connectivity index (χ1) is 41.8. The minimum Gasteiger partial charge on any atom is -0.509 e. The maximum atomic E-state index is 10.4. The summed E-state index contributed by atoms with van der Waals surface area (Å²) in [6.07, 6.45) is 3.84. The zero-order valence-electron chi connectivity index (χ0n) is 55.1. The Morgan fingerprint density at radius 1 is 0.537 bits per heavy atom. The molecule has 0 fully saturated rings. The fourth-order valence-electron chi connectivity index (χ4n) is 11.7. The number of ether oxygens (including phenoxy) is 1. The Bertz CT molecular complexity index is 4570. The van der Waals surface area contributed by atoms with Crippen molar-refractivity contribution in [3.63, 3.8) is 0 Å². The van der Waals surface area contributed by atoms with Crippen LogP contribution in [0.15, 0.2) is 206 Å². The van der Waals surface area contributed by atoms with E-state index >= 15 is 0 Å². The molecule has 0 saturated carbocycles. The molecular formula is C76H69N4OPt-3. The SMILES string of the molecule is [2H]c1c(-c2ccccc2)c([2H])c(-c2cc(C(C)(C)C)cc(-c3ccc4c(c3)C(C)(C)CCC4(C)C)c2N2[CH-]N(c3[c-]c(Oc4[c-]c5c(cc4)c4c([2H])c([2H])c([2H])c([2H])c4n5-c4cc(C(C)(C)C)ccn4)ccc3)c3ccccc32)c([2H])c1-c1ccccc1.[Pt]. The minimum atomic E-state index is -0.380. The zero-order valence-corrected chi connectivity index (χ0v) is 50.4. The number of rotatable bonds is 9. The van der Waals surface area contributed by atoms with Crippen molar-refractivity contribution in [2.45, 2.75) is 104 Å². The molecule has 2 aromatic heterocycles. The predicted molar refractivity (Wildman–Crippen MR) is 339 cm³/mol. The van der Waals surface area contributed by atoms with E-state index < -0.39 is 0 Å². The first-order valence-corrected chi connectivity index (χ1v) is 28.1.